The smallest absolute Gasteiger partial charge is 0.328 e. The van der Waals surface area contributed by atoms with Crippen LogP contribution in [0.5, 0.6) is 5.75 Å². The van der Waals surface area contributed by atoms with E-state index in [2.05, 4.69) is 0 Å². The fourth-order valence-electron chi connectivity index (χ4n) is 2.63. The van der Waals surface area contributed by atoms with Crippen LogP contribution in [0.1, 0.15) is 31.4 Å². The van der Waals surface area contributed by atoms with Crippen LogP contribution in [-0.4, -0.2) is 23.0 Å². The van der Waals surface area contributed by atoms with E-state index in [1.165, 1.54) is 12.1 Å². The van der Waals surface area contributed by atoms with Crippen LogP contribution < -0.4 is 16.2 Å². The van der Waals surface area contributed by atoms with Gasteiger partial charge in [0.2, 0.25) is 0 Å². The Kier molecular flexibility index (Phi) is 6.13. The number of primary amides is 1. The SMILES string of the molecule is CCC(C)[C@H](N)C(=O)Oc1ccccc1C(O)(C(N)=O)c1ccccc1. The predicted molar refractivity (Wildman–Crippen MR) is 98.1 cm³/mol. The summed E-state index contributed by atoms with van der Waals surface area (Å²) in [5, 5.41) is 11.1. The Morgan fingerprint density at radius 1 is 1.12 bits per heavy atom. The lowest BCUT2D eigenvalue weighted by molar-refractivity contribution is -0.138. The molecule has 2 rings (SSSR count). The number of esters is 1. The molecule has 0 fully saturated rings. The summed E-state index contributed by atoms with van der Waals surface area (Å²) in [5.41, 5.74) is 9.66. The predicted octanol–water partition coefficient (Wildman–Crippen LogP) is 1.69. The number of carbonyl (C=O) groups excluding carboxylic acids is 2. The van der Waals surface area contributed by atoms with Gasteiger partial charge < -0.3 is 21.3 Å². The molecule has 1 amide bonds. The van der Waals surface area contributed by atoms with Gasteiger partial charge in [-0.05, 0) is 17.5 Å². The molecule has 2 aromatic carbocycles. The van der Waals surface area contributed by atoms with Crippen LogP contribution in [0.15, 0.2) is 54.6 Å². The van der Waals surface area contributed by atoms with E-state index in [4.69, 9.17) is 16.2 Å². The highest BCUT2D eigenvalue weighted by molar-refractivity contribution is 5.90. The van der Waals surface area contributed by atoms with Crippen LogP contribution in [0.25, 0.3) is 0 Å². The van der Waals surface area contributed by atoms with E-state index in [1.807, 2.05) is 13.8 Å². The molecular weight excluding hydrogens is 332 g/mol. The minimum absolute atomic E-state index is 0.0430. The van der Waals surface area contributed by atoms with E-state index in [0.29, 0.717) is 6.42 Å². The summed E-state index contributed by atoms with van der Waals surface area (Å²) in [6, 6.07) is 13.7. The van der Waals surface area contributed by atoms with Crippen molar-refractivity contribution in [3.05, 3.63) is 65.7 Å². The highest BCUT2D eigenvalue weighted by Crippen LogP contribution is 2.35. The molecular formula is C20H24N2O4. The number of benzene rings is 2. The van der Waals surface area contributed by atoms with Crippen molar-refractivity contribution in [2.75, 3.05) is 0 Å². The Morgan fingerprint density at radius 2 is 1.69 bits per heavy atom. The Morgan fingerprint density at radius 3 is 2.27 bits per heavy atom. The first-order valence-electron chi connectivity index (χ1n) is 8.46. The van der Waals surface area contributed by atoms with Gasteiger partial charge in [-0.1, -0.05) is 68.8 Å². The molecule has 2 aromatic rings. The second-order valence-electron chi connectivity index (χ2n) is 6.27. The second-order valence-corrected chi connectivity index (χ2v) is 6.27. The third kappa shape index (κ3) is 3.76. The Labute approximate surface area is 152 Å². The zero-order valence-corrected chi connectivity index (χ0v) is 14.9. The van der Waals surface area contributed by atoms with Gasteiger partial charge in [0.1, 0.15) is 11.8 Å². The lowest BCUT2D eigenvalue weighted by Crippen LogP contribution is -2.43. The van der Waals surface area contributed by atoms with Crippen molar-refractivity contribution in [3.8, 4) is 5.75 Å². The number of para-hydroxylation sites is 1. The lowest BCUT2D eigenvalue weighted by Gasteiger charge is -2.28. The summed E-state index contributed by atoms with van der Waals surface area (Å²) < 4.78 is 5.42. The number of amides is 1. The average molecular weight is 356 g/mol. The quantitative estimate of drug-likeness (QED) is 0.516. The zero-order valence-electron chi connectivity index (χ0n) is 14.9. The van der Waals surface area contributed by atoms with E-state index >= 15 is 0 Å². The van der Waals surface area contributed by atoms with Crippen molar-refractivity contribution in [2.24, 2.45) is 17.4 Å². The zero-order chi connectivity index (χ0) is 19.3. The molecule has 6 heteroatoms. The Hall–Kier alpha value is -2.70. The molecule has 2 unspecified atom stereocenters. The number of hydrogen-bond acceptors (Lipinski definition) is 5. The van der Waals surface area contributed by atoms with Gasteiger partial charge in [0.25, 0.3) is 5.91 Å². The number of nitrogens with two attached hydrogens (primary N) is 2. The largest absolute Gasteiger partial charge is 0.425 e. The van der Waals surface area contributed by atoms with E-state index in [-0.39, 0.29) is 22.8 Å². The summed E-state index contributed by atoms with van der Waals surface area (Å²) in [6.07, 6.45) is 0.715. The number of rotatable bonds is 7. The third-order valence-corrected chi connectivity index (χ3v) is 4.56. The molecule has 3 atom stereocenters. The minimum atomic E-state index is -2.14. The molecule has 0 aliphatic rings. The lowest BCUT2D eigenvalue weighted by atomic mass is 9.85. The topological polar surface area (TPSA) is 116 Å². The van der Waals surface area contributed by atoms with Crippen LogP contribution in [0.2, 0.25) is 0 Å². The van der Waals surface area contributed by atoms with Gasteiger partial charge in [-0.2, -0.15) is 0 Å². The van der Waals surface area contributed by atoms with Crippen molar-refractivity contribution >= 4 is 11.9 Å². The summed E-state index contributed by atoms with van der Waals surface area (Å²) >= 11 is 0. The summed E-state index contributed by atoms with van der Waals surface area (Å²) in [4.78, 5) is 24.5. The van der Waals surface area contributed by atoms with Gasteiger partial charge in [0.15, 0.2) is 5.60 Å². The average Bonchev–Trinajstić information content (AvgIpc) is 2.67. The normalized spacial score (nSPS) is 15.5. The highest BCUT2D eigenvalue weighted by Gasteiger charge is 2.41. The van der Waals surface area contributed by atoms with Crippen molar-refractivity contribution in [1.82, 2.24) is 0 Å². The summed E-state index contributed by atoms with van der Waals surface area (Å²) in [7, 11) is 0. The number of ether oxygens (including phenoxy) is 1. The molecule has 0 bridgehead atoms. The first-order valence-corrected chi connectivity index (χ1v) is 8.46. The van der Waals surface area contributed by atoms with Gasteiger partial charge >= 0.3 is 5.97 Å². The van der Waals surface area contributed by atoms with Crippen molar-refractivity contribution in [2.45, 2.75) is 31.9 Å². The molecule has 26 heavy (non-hydrogen) atoms. The second kappa shape index (κ2) is 8.12. The highest BCUT2D eigenvalue weighted by atomic mass is 16.5. The van der Waals surface area contributed by atoms with E-state index in [0.717, 1.165) is 0 Å². The monoisotopic (exact) mass is 356 g/mol. The van der Waals surface area contributed by atoms with Crippen molar-refractivity contribution < 1.29 is 19.4 Å². The Bertz CT molecular complexity index is 778. The molecule has 5 N–H and O–H groups in total. The van der Waals surface area contributed by atoms with Gasteiger partial charge in [0, 0.05) is 5.56 Å². The van der Waals surface area contributed by atoms with Crippen LogP contribution in [0, 0.1) is 5.92 Å². The van der Waals surface area contributed by atoms with Gasteiger partial charge in [-0.25, -0.2) is 4.79 Å². The number of carbonyl (C=O) groups is 2. The number of hydrogen-bond donors (Lipinski definition) is 3. The first kappa shape index (κ1) is 19.6. The van der Waals surface area contributed by atoms with Gasteiger partial charge in [0.05, 0.1) is 0 Å². The van der Waals surface area contributed by atoms with Gasteiger partial charge in [-0.3, -0.25) is 4.79 Å². The molecule has 0 saturated heterocycles. The van der Waals surface area contributed by atoms with Crippen LogP contribution in [0.3, 0.4) is 0 Å². The van der Waals surface area contributed by atoms with E-state index in [1.54, 1.807) is 42.5 Å². The Balaban J connectivity index is 2.47. The molecule has 0 radical (unpaired) electrons. The molecule has 0 heterocycles. The van der Waals surface area contributed by atoms with Crippen LogP contribution >= 0.6 is 0 Å². The third-order valence-electron chi connectivity index (χ3n) is 4.56. The fraction of sp³-hybridized carbons (Fsp3) is 0.300. The molecule has 0 spiro atoms. The fourth-order valence-corrected chi connectivity index (χ4v) is 2.63. The molecule has 138 valence electrons. The first-order chi connectivity index (χ1) is 12.3. The molecule has 0 aromatic heterocycles. The van der Waals surface area contributed by atoms with Crippen molar-refractivity contribution in [1.29, 1.82) is 0 Å². The summed E-state index contributed by atoms with van der Waals surface area (Å²) in [5.74, 6) is -1.63. The molecule has 0 aliphatic carbocycles. The number of aliphatic hydroxyl groups is 1. The molecule has 0 saturated carbocycles. The van der Waals surface area contributed by atoms with Crippen molar-refractivity contribution in [3.63, 3.8) is 0 Å². The van der Waals surface area contributed by atoms with Crippen LogP contribution in [0.4, 0.5) is 0 Å². The standard InChI is InChI=1S/C20H24N2O4/c1-3-13(2)17(21)18(23)26-16-12-8-7-11-15(16)20(25,19(22)24)14-9-5-4-6-10-14/h4-13,17,25H,3,21H2,1-2H3,(H2,22,24)/t13?,17-,20?/m0/s1. The maximum absolute atomic E-state index is 12.4. The minimum Gasteiger partial charge on any atom is -0.425 e. The molecule has 6 nitrogen and oxygen atoms in total. The van der Waals surface area contributed by atoms with Crippen LogP contribution in [-0.2, 0) is 15.2 Å². The van der Waals surface area contributed by atoms with E-state index in [9.17, 15) is 14.7 Å². The van der Waals surface area contributed by atoms with E-state index < -0.39 is 23.5 Å². The van der Waals surface area contributed by atoms with Gasteiger partial charge in [-0.15, -0.1) is 0 Å². The maximum Gasteiger partial charge on any atom is 0.328 e. The maximum atomic E-state index is 12.4. The molecule has 0 aliphatic heterocycles. The summed E-state index contributed by atoms with van der Waals surface area (Å²) in [6.45, 7) is 3.77.